The molecule has 0 aliphatic carbocycles. The Hall–Kier alpha value is -2.06. The van der Waals surface area contributed by atoms with E-state index in [1.807, 2.05) is 18.2 Å². The summed E-state index contributed by atoms with van der Waals surface area (Å²) in [7, 11) is 0. The van der Waals surface area contributed by atoms with Crippen molar-refractivity contribution >= 4 is 44.7 Å². The molecular weight excluding hydrogens is 394 g/mol. The lowest BCUT2D eigenvalue weighted by molar-refractivity contribution is -0.117. The van der Waals surface area contributed by atoms with Crippen molar-refractivity contribution in [1.29, 1.82) is 0 Å². The van der Waals surface area contributed by atoms with Crippen LogP contribution in [-0.4, -0.2) is 46.5 Å². The molecule has 0 radical (unpaired) electrons. The van der Waals surface area contributed by atoms with Crippen LogP contribution in [0.5, 0.6) is 0 Å². The fraction of sp³-hybridized carbons (Fsp3) is 0.350. The third-order valence-electron chi connectivity index (χ3n) is 5.60. The number of fused-ring (bicyclic) bond motifs is 3. The number of likely N-dealkylation sites (tertiary alicyclic amines) is 1. The highest BCUT2D eigenvalue weighted by atomic mass is 35.5. The van der Waals surface area contributed by atoms with E-state index in [0.29, 0.717) is 23.3 Å². The van der Waals surface area contributed by atoms with Crippen LogP contribution < -0.4 is 10.6 Å². The Morgan fingerprint density at radius 2 is 2.25 bits per heavy atom. The number of anilines is 1. The van der Waals surface area contributed by atoms with Gasteiger partial charge in [-0.3, -0.25) is 9.69 Å². The van der Waals surface area contributed by atoms with E-state index in [1.165, 1.54) is 0 Å². The predicted octanol–water partition coefficient (Wildman–Crippen LogP) is 3.25. The molecule has 4 heterocycles. The van der Waals surface area contributed by atoms with Crippen LogP contribution in [-0.2, 0) is 10.3 Å². The number of hydrogen-bond donors (Lipinski definition) is 2. The van der Waals surface area contributed by atoms with Gasteiger partial charge >= 0.3 is 0 Å². The number of aromatic nitrogens is 2. The molecule has 2 atom stereocenters. The predicted molar refractivity (Wildman–Crippen MR) is 112 cm³/mol. The summed E-state index contributed by atoms with van der Waals surface area (Å²) in [6.07, 6.45) is 3.75. The lowest BCUT2D eigenvalue weighted by Crippen LogP contribution is -2.59. The van der Waals surface area contributed by atoms with Crippen molar-refractivity contribution < 1.29 is 4.79 Å². The van der Waals surface area contributed by atoms with Crippen LogP contribution in [0.4, 0.5) is 5.69 Å². The van der Waals surface area contributed by atoms with Gasteiger partial charge < -0.3 is 10.6 Å². The number of hydrogen-bond acceptors (Lipinski definition) is 6. The minimum Gasteiger partial charge on any atom is -0.324 e. The molecule has 0 spiro atoms. The molecule has 28 heavy (non-hydrogen) atoms. The van der Waals surface area contributed by atoms with Crippen molar-refractivity contribution in [2.75, 3.05) is 25.0 Å². The van der Waals surface area contributed by atoms with Crippen molar-refractivity contribution in [2.45, 2.75) is 24.4 Å². The van der Waals surface area contributed by atoms with Gasteiger partial charge in [-0.1, -0.05) is 23.7 Å². The fourth-order valence-corrected chi connectivity index (χ4v) is 5.40. The van der Waals surface area contributed by atoms with Crippen molar-refractivity contribution in [2.24, 2.45) is 0 Å². The first-order chi connectivity index (χ1) is 13.6. The van der Waals surface area contributed by atoms with Gasteiger partial charge in [0.2, 0.25) is 5.91 Å². The first kappa shape index (κ1) is 18.0. The van der Waals surface area contributed by atoms with Crippen LogP contribution in [0.3, 0.4) is 0 Å². The highest BCUT2D eigenvalue weighted by Crippen LogP contribution is 2.40. The van der Waals surface area contributed by atoms with Gasteiger partial charge in [0.1, 0.15) is 11.2 Å². The van der Waals surface area contributed by atoms with E-state index in [1.54, 1.807) is 23.7 Å². The molecule has 1 aromatic carbocycles. The third-order valence-corrected chi connectivity index (χ3v) is 6.75. The Bertz CT molecular complexity index is 1040. The number of nitrogens with one attached hydrogen (secondary N) is 2. The second kappa shape index (κ2) is 7.08. The molecule has 6 nitrogen and oxygen atoms in total. The van der Waals surface area contributed by atoms with Gasteiger partial charge in [-0.25, -0.2) is 9.97 Å². The van der Waals surface area contributed by atoms with Gasteiger partial charge in [0.05, 0.1) is 28.5 Å². The number of para-hydroxylation sites is 1. The third kappa shape index (κ3) is 3.18. The zero-order valence-corrected chi connectivity index (χ0v) is 16.8. The van der Waals surface area contributed by atoms with Crippen LogP contribution in [0.25, 0.3) is 10.2 Å². The minimum absolute atomic E-state index is 0.0482. The second-order valence-electron chi connectivity index (χ2n) is 7.52. The van der Waals surface area contributed by atoms with E-state index in [-0.39, 0.29) is 11.4 Å². The molecule has 8 heteroatoms. The lowest BCUT2D eigenvalue weighted by atomic mass is 9.90. The Balaban J connectivity index is 1.36. The smallest absolute Gasteiger partial charge is 0.238 e. The normalized spacial score (nSPS) is 24.5. The number of amides is 1. The highest BCUT2D eigenvalue weighted by Gasteiger charge is 2.47. The highest BCUT2D eigenvalue weighted by molar-refractivity contribution is 7.16. The van der Waals surface area contributed by atoms with Crippen molar-refractivity contribution in [3.05, 3.63) is 52.8 Å². The summed E-state index contributed by atoms with van der Waals surface area (Å²) in [5, 5.41) is 10.4. The molecule has 3 aromatic rings. The molecule has 2 aromatic heterocycles. The van der Waals surface area contributed by atoms with Crippen LogP contribution in [0.15, 0.2) is 42.0 Å². The van der Waals surface area contributed by atoms with Gasteiger partial charge in [0.25, 0.3) is 0 Å². The maximum atomic E-state index is 12.6. The minimum atomic E-state index is -0.226. The summed E-state index contributed by atoms with van der Waals surface area (Å²) >= 11 is 7.80. The van der Waals surface area contributed by atoms with Crippen LogP contribution in [0.1, 0.15) is 18.5 Å². The molecular formula is C20H20ClN5OS. The summed E-state index contributed by atoms with van der Waals surface area (Å²) in [5.74, 6) is -0.0482. The molecule has 0 saturated carbocycles. The average Bonchev–Trinajstić information content (AvgIpc) is 3.28. The SMILES string of the molecule is O=C(CN1CC2CCC(c3ncnc4sccc34)(C1)N2)Nc1ccccc1Cl. The Labute approximate surface area is 171 Å². The summed E-state index contributed by atoms with van der Waals surface area (Å²) in [6, 6.07) is 9.77. The standard InChI is InChI=1S/C20H20ClN5OS/c21-15-3-1-2-4-16(15)24-17(27)10-26-9-13-5-7-20(11-26,25-13)18-14-6-8-28-19(14)23-12-22-18/h1-4,6,8,12-13,25H,5,7,9-11H2,(H,24,27). The molecule has 2 saturated heterocycles. The number of halogens is 1. The molecule has 1 amide bonds. The number of piperazine rings is 1. The van der Waals surface area contributed by atoms with Crippen molar-refractivity contribution in [3.63, 3.8) is 0 Å². The summed E-state index contributed by atoms with van der Waals surface area (Å²) in [6.45, 7) is 1.94. The zero-order valence-electron chi connectivity index (χ0n) is 15.2. The van der Waals surface area contributed by atoms with Gasteiger partial charge in [0.15, 0.2) is 0 Å². The summed E-state index contributed by atoms with van der Waals surface area (Å²) in [5.41, 5.74) is 1.48. The quantitative estimate of drug-likeness (QED) is 0.687. The molecule has 2 N–H and O–H groups in total. The van der Waals surface area contributed by atoms with Gasteiger partial charge in [-0.2, -0.15) is 0 Å². The van der Waals surface area contributed by atoms with Gasteiger partial charge in [-0.15, -0.1) is 11.3 Å². The molecule has 2 aliphatic heterocycles. The number of carbonyl (C=O) groups is 1. The Morgan fingerprint density at radius 1 is 1.36 bits per heavy atom. The van der Waals surface area contributed by atoms with E-state index in [4.69, 9.17) is 11.6 Å². The molecule has 2 aliphatic rings. The zero-order chi connectivity index (χ0) is 19.1. The largest absolute Gasteiger partial charge is 0.324 e. The number of carbonyl (C=O) groups excluding carboxylic acids is 1. The number of rotatable bonds is 4. The maximum Gasteiger partial charge on any atom is 0.238 e. The summed E-state index contributed by atoms with van der Waals surface area (Å²) in [4.78, 5) is 24.9. The van der Waals surface area contributed by atoms with E-state index < -0.39 is 0 Å². The number of benzene rings is 1. The van der Waals surface area contributed by atoms with Crippen LogP contribution in [0, 0.1) is 0 Å². The van der Waals surface area contributed by atoms with E-state index >= 15 is 0 Å². The molecule has 2 unspecified atom stereocenters. The fourth-order valence-electron chi connectivity index (χ4n) is 4.48. The average molecular weight is 414 g/mol. The van der Waals surface area contributed by atoms with Crippen molar-refractivity contribution in [3.8, 4) is 0 Å². The Kier molecular flexibility index (Phi) is 4.55. The number of thiophene rings is 1. The molecule has 2 fully saturated rings. The maximum absolute atomic E-state index is 12.6. The summed E-state index contributed by atoms with van der Waals surface area (Å²) < 4.78 is 0. The molecule has 5 rings (SSSR count). The number of nitrogens with zero attached hydrogens (tertiary/aromatic N) is 3. The van der Waals surface area contributed by atoms with Crippen LogP contribution in [0.2, 0.25) is 5.02 Å². The van der Waals surface area contributed by atoms with Gasteiger partial charge in [0, 0.05) is 24.5 Å². The first-order valence-corrected chi connectivity index (χ1v) is 10.6. The van der Waals surface area contributed by atoms with E-state index in [9.17, 15) is 4.79 Å². The first-order valence-electron chi connectivity index (χ1n) is 9.36. The second-order valence-corrected chi connectivity index (χ2v) is 8.82. The Morgan fingerprint density at radius 3 is 3.14 bits per heavy atom. The monoisotopic (exact) mass is 413 g/mol. The topological polar surface area (TPSA) is 70.2 Å². The van der Waals surface area contributed by atoms with Crippen LogP contribution >= 0.6 is 22.9 Å². The van der Waals surface area contributed by atoms with Crippen molar-refractivity contribution in [1.82, 2.24) is 20.2 Å². The van der Waals surface area contributed by atoms with E-state index in [2.05, 4.69) is 36.9 Å². The van der Waals surface area contributed by atoms with Gasteiger partial charge in [-0.05, 0) is 36.4 Å². The molecule has 2 bridgehead atoms. The molecule has 144 valence electrons. The van der Waals surface area contributed by atoms with E-state index in [0.717, 1.165) is 41.8 Å². The lowest BCUT2D eigenvalue weighted by Gasteiger charge is -2.41.